The molecule has 3 nitrogen and oxygen atoms in total. The number of hydrogen-bond donors (Lipinski definition) is 1. The Morgan fingerprint density at radius 1 is 1.32 bits per heavy atom. The van der Waals surface area contributed by atoms with E-state index in [1.807, 2.05) is 24.3 Å². The summed E-state index contributed by atoms with van der Waals surface area (Å²) in [4.78, 5) is 23.2. The molecule has 2 unspecified atom stereocenters. The predicted octanol–water partition coefficient (Wildman–Crippen LogP) is 3.76. The van der Waals surface area contributed by atoms with E-state index in [2.05, 4.69) is 22.6 Å². The number of aliphatic carboxylic acids is 1. The fourth-order valence-electron chi connectivity index (χ4n) is 2.74. The van der Waals surface area contributed by atoms with E-state index in [-0.39, 0.29) is 17.6 Å². The standard InChI is InChI=1S/C15H17IO3/c16-13-6-2-4-11(9-13)14(17)8-10-3-1-5-12(7-10)15(18)19/h2,4,6,9-10,12H,1,3,5,7-8H2,(H,18,19). The molecule has 1 aromatic rings. The van der Waals surface area contributed by atoms with Crippen LogP contribution in [-0.4, -0.2) is 16.9 Å². The number of carboxylic acids is 1. The Morgan fingerprint density at radius 2 is 2.11 bits per heavy atom. The van der Waals surface area contributed by atoms with Crippen LogP contribution in [0.25, 0.3) is 0 Å². The van der Waals surface area contributed by atoms with Crippen molar-refractivity contribution in [2.24, 2.45) is 11.8 Å². The number of carboxylic acid groups (broad SMARTS) is 1. The van der Waals surface area contributed by atoms with E-state index in [0.717, 1.165) is 28.4 Å². The smallest absolute Gasteiger partial charge is 0.306 e. The predicted molar refractivity (Wildman–Crippen MR) is 81.2 cm³/mol. The molecule has 0 heterocycles. The van der Waals surface area contributed by atoms with Gasteiger partial charge in [-0.15, -0.1) is 0 Å². The lowest BCUT2D eigenvalue weighted by molar-refractivity contribution is -0.143. The third kappa shape index (κ3) is 4.03. The first-order valence-corrected chi connectivity index (χ1v) is 7.65. The number of benzene rings is 1. The minimum absolute atomic E-state index is 0.134. The molecule has 2 rings (SSSR count). The summed E-state index contributed by atoms with van der Waals surface area (Å²) in [5, 5.41) is 9.06. The highest BCUT2D eigenvalue weighted by atomic mass is 127. The fourth-order valence-corrected chi connectivity index (χ4v) is 3.29. The van der Waals surface area contributed by atoms with E-state index in [1.165, 1.54) is 0 Å². The van der Waals surface area contributed by atoms with Crippen LogP contribution in [0.3, 0.4) is 0 Å². The van der Waals surface area contributed by atoms with Crippen LogP contribution in [-0.2, 0) is 4.79 Å². The van der Waals surface area contributed by atoms with E-state index in [0.29, 0.717) is 12.8 Å². The molecule has 19 heavy (non-hydrogen) atoms. The summed E-state index contributed by atoms with van der Waals surface area (Å²) in [5.74, 6) is -0.622. The van der Waals surface area contributed by atoms with Crippen molar-refractivity contribution in [3.05, 3.63) is 33.4 Å². The van der Waals surface area contributed by atoms with Gasteiger partial charge in [-0.3, -0.25) is 9.59 Å². The van der Waals surface area contributed by atoms with Gasteiger partial charge in [0, 0.05) is 15.6 Å². The van der Waals surface area contributed by atoms with Gasteiger partial charge < -0.3 is 5.11 Å². The van der Waals surface area contributed by atoms with Gasteiger partial charge in [-0.1, -0.05) is 18.6 Å². The second kappa shape index (κ2) is 6.50. The first kappa shape index (κ1) is 14.5. The van der Waals surface area contributed by atoms with Gasteiger partial charge in [0.2, 0.25) is 0 Å². The Labute approximate surface area is 126 Å². The zero-order valence-corrected chi connectivity index (χ0v) is 12.8. The molecule has 0 spiro atoms. The third-order valence-corrected chi connectivity index (χ3v) is 4.42. The number of hydrogen-bond acceptors (Lipinski definition) is 2. The largest absolute Gasteiger partial charge is 0.481 e. The van der Waals surface area contributed by atoms with Crippen molar-refractivity contribution in [1.29, 1.82) is 0 Å². The van der Waals surface area contributed by atoms with E-state index >= 15 is 0 Å². The molecule has 0 saturated heterocycles. The first-order chi connectivity index (χ1) is 9.06. The second-order valence-electron chi connectivity index (χ2n) is 5.21. The third-order valence-electron chi connectivity index (χ3n) is 3.75. The molecule has 0 radical (unpaired) electrons. The molecule has 1 aliphatic carbocycles. The average Bonchev–Trinajstić information content (AvgIpc) is 2.39. The molecule has 102 valence electrons. The van der Waals surface area contributed by atoms with Crippen molar-refractivity contribution in [2.45, 2.75) is 32.1 Å². The Hall–Kier alpha value is -0.910. The van der Waals surface area contributed by atoms with Crippen LogP contribution in [0.1, 0.15) is 42.5 Å². The zero-order chi connectivity index (χ0) is 13.8. The summed E-state index contributed by atoms with van der Waals surface area (Å²) in [5.41, 5.74) is 0.740. The van der Waals surface area contributed by atoms with Gasteiger partial charge in [0.15, 0.2) is 5.78 Å². The summed E-state index contributed by atoms with van der Waals surface area (Å²) < 4.78 is 1.05. The van der Waals surface area contributed by atoms with Crippen LogP contribution < -0.4 is 0 Å². The topological polar surface area (TPSA) is 54.4 Å². The number of halogens is 1. The van der Waals surface area contributed by atoms with E-state index < -0.39 is 5.97 Å². The van der Waals surface area contributed by atoms with Crippen molar-refractivity contribution in [3.8, 4) is 0 Å². The SMILES string of the molecule is O=C(CC1CCCC(C(=O)O)C1)c1cccc(I)c1. The van der Waals surface area contributed by atoms with Crippen molar-refractivity contribution < 1.29 is 14.7 Å². The second-order valence-corrected chi connectivity index (χ2v) is 6.45. The normalized spacial score (nSPS) is 23.0. The summed E-state index contributed by atoms with van der Waals surface area (Å²) in [6.07, 6.45) is 3.76. The molecular weight excluding hydrogens is 355 g/mol. The van der Waals surface area contributed by atoms with Gasteiger partial charge in [0.25, 0.3) is 0 Å². The number of carbonyl (C=O) groups is 2. The lowest BCUT2D eigenvalue weighted by Crippen LogP contribution is -2.24. The van der Waals surface area contributed by atoms with Gasteiger partial charge in [0.05, 0.1) is 5.92 Å². The highest BCUT2D eigenvalue weighted by Crippen LogP contribution is 2.32. The van der Waals surface area contributed by atoms with E-state index in [1.54, 1.807) is 0 Å². The van der Waals surface area contributed by atoms with Crippen molar-refractivity contribution >= 4 is 34.3 Å². The summed E-state index contributed by atoms with van der Waals surface area (Å²) in [6.45, 7) is 0. The van der Waals surface area contributed by atoms with Crippen LogP contribution in [0.4, 0.5) is 0 Å². The summed E-state index contributed by atoms with van der Waals surface area (Å²) >= 11 is 2.19. The molecule has 2 atom stereocenters. The molecule has 1 saturated carbocycles. The van der Waals surface area contributed by atoms with E-state index in [9.17, 15) is 9.59 Å². The molecule has 0 amide bonds. The van der Waals surface area contributed by atoms with Crippen LogP contribution in [0.15, 0.2) is 24.3 Å². The maximum atomic E-state index is 12.2. The minimum Gasteiger partial charge on any atom is -0.481 e. The molecular formula is C15H17IO3. The summed E-state index contributed by atoms with van der Waals surface area (Å²) in [7, 11) is 0. The quantitative estimate of drug-likeness (QED) is 0.647. The maximum Gasteiger partial charge on any atom is 0.306 e. The highest BCUT2D eigenvalue weighted by Gasteiger charge is 2.28. The van der Waals surface area contributed by atoms with Crippen molar-refractivity contribution in [3.63, 3.8) is 0 Å². The van der Waals surface area contributed by atoms with Gasteiger partial charge >= 0.3 is 5.97 Å². The molecule has 1 aliphatic rings. The van der Waals surface area contributed by atoms with Crippen molar-refractivity contribution in [1.82, 2.24) is 0 Å². The van der Waals surface area contributed by atoms with Gasteiger partial charge in [0.1, 0.15) is 0 Å². The fraction of sp³-hybridized carbons (Fsp3) is 0.467. The average molecular weight is 372 g/mol. The van der Waals surface area contributed by atoms with Crippen molar-refractivity contribution in [2.75, 3.05) is 0 Å². The lowest BCUT2D eigenvalue weighted by atomic mass is 9.78. The number of rotatable bonds is 4. The number of carbonyl (C=O) groups excluding carboxylic acids is 1. The van der Waals surface area contributed by atoms with Crippen LogP contribution in [0, 0.1) is 15.4 Å². The van der Waals surface area contributed by atoms with Gasteiger partial charge in [-0.2, -0.15) is 0 Å². The minimum atomic E-state index is -0.716. The van der Waals surface area contributed by atoms with Crippen LogP contribution in [0.5, 0.6) is 0 Å². The summed E-state index contributed by atoms with van der Waals surface area (Å²) in [6, 6.07) is 7.57. The van der Waals surface area contributed by atoms with E-state index in [4.69, 9.17) is 5.11 Å². The molecule has 0 aromatic heterocycles. The Morgan fingerprint density at radius 3 is 2.79 bits per heavy atom. The number of ketones is 1. The van der Waals surface area contributed by atoms with Crippen LogP contribution >= 0.6 is 22.6 Å². The Kier molecular flexibility index (Phi) is 4.96. The molecule has 0 bridgehead atoms. The van der Waals surface area contributed by atoms with Gasteiger partial charge in [-0.25, -0.2) is 0 Å². The Bertz CT molecular complexity index is 484. The van der Waals surface area contributed by atoms with Crippen LogP contribution in [0.2, 0.25) is 0 Å². The highest BCUT2D eigenvalue weighted by molar-refractivity contribution is 14.1. The Balaban J connectivity index is 1.97. The molecule has 1 aromatic carbocycles. The lowest BCUT2D eigenvalue weighted by Gasteiger charge is -2.26. The molecule has 4 heteroatoms. The maximum absolute atomic E-state index is 12.2. The zero-order valence-electron chi connectivity index (χ0n) is 10.6. The molecule has 0 aliphatic heterocycles. The molecule has 1 N–H and O–H groups in total. The van der Waals surface area contributed by atoms with Gasteiger partial charge in [-0.05, 0) is 59.9 Å². The first-order valence-electron chi connectivity index (χ1n) is 6.58. The number of Topliss-reactive ketones (excluding diaryl/α,β-unsaturated/α-hetero) is 1. The molecule has 1 fully saturated rings. The monoisotopic (exact) mass is 372 g/mol.